The van der Waals surface area contributed by atoms with Crippen LogP contribution in [0.4, 0.5) is 5.69 Å². The van der Waals surface area contributed by atoms with Crippen molar-refractivity contribution in [3.05, 3.63) is 143 Å². The fraction of sp³-hybridized carbons (Fsp3) is 0.271. The van der Waals surface area contributed by atoms with E-state index in [9.17, 15) is 26.4 Å². The quantitative estimate of drug-likeness (QED) is 0.0699. The van der Waals surface area contributed by atoms with Crippen molar-refractivity contribution in [2.45, 2.75) is 46.1 Å². The maximum absolute atomic E-state index is 13.0. The number of fused-ring (bicyclic) bond motifs is 2. The van der Waals surface area contributed by atoms with Gasteiger partial charge in [0.25, 0.3) is 0 Å². The van der Waals surface area contributed by atoms with Crippen molar-refractivity contribution < 1.29 is 45.9 Å². The number of nitrogens with zero attached hydrogens (tertiary/aromatic N) is 2. The number of carboxylic acids is 2. The van der Waals surface area contributed by atoms with Crippen molar-refractivity contribution >= 4 is 67.7 Å². The number of anilines is 1. The van der Waals surface area contributed by atoms with E-state index in [0.29, 0.717) is 17.3 Å². The molecule has 0 fully saturated rings. The molecule has 62 heavy (non-hydrogen) atoms. The summed E-state index contributed by atoms with van der Waals surface area (Å²) in [7, 11) is -7.29. The summed E-state index contributed by atoms with van der Waals surface area (Å²) in [5.41, 5.74) is 7.79. The van der Waals surface area contributed by atoms with Gasteiger partial charge in [0.2, 0.25) is 0 Å². The molecule has 1 aliphatic heterocycles. The summed E-state index contributed by atoms with van der Waals surface area (Å²) >= 11 is -0.113. The second-order valence-electron chi connectivity index (χ2n) is 16.4. The van der Waals surface area contributed by atoms with Gasteiger partial charge in [-0.3, -0.25) is 4.79 Å². The van der Waals surface area contributed by atoms with Gasteiger partial charge in [-0.05, 0) is 11.1 Å². The number of hydrogen-bond acceptors (Lipinski definition) is 8. The minimum absolute atomic E-state index is 0.0719. The third-order valence-corrected chi connectivity index (χ3v) is 16.4. The molecule has 322 valence electrons. The number of allylic oxidation sites excluding steroid dienone is 6. The summed E-state index contributed by atoms with van der Waals surface area (Å²) in [4.78, 5) is 24.2. The molecule has 5 aromatic rings. The molecule has 0 bridgehead atoms. The summed E-state index contributed by atoms with van der Waals surface area (Å²) in [6.07, 6.45) is 10.8. The Bertz CT molecular complexity index is 2840. The Morgan fingerprint density at radius 2 is 1.39 bits per heavy atom. The van der Waals surface area contributed by atoms with Crippen molar-refractivity contribution in [2.24, 2.45) is 5.41 Å². The normalized spacial score (nSPS) is 16.5. The molecule has 2 aliphatic rings. The van der Waals surface area contributed by atoms with Gasteiger partial charge in [-0.25, -0.2) is 8.42 Å². The van der Waals surface area contributed by atoms with E-state index in [1.54, 1.807) is 0 Å². The molecule has 0 saturated carbocycles. The topological polar surface area (TPSA) is 159 Å². The van der Waals surface area contributed by atoms with Crippen LogP contribution < -0.4 is 14.2 Å². The van der Waals surface area contributed by atoms with Gasteiger partial charge >= 0.3 is 283 Å². The summed E-state index contributed by atoms with van der Waals surface area (Å²) in [5, 5.41) is 18.3. The van der Waals surface area contributed by atoms with Crippen LogP contribution in [-0.2, 0) is 35.8 Å². The van der Waals surface area contributed by atoms with E-state index in [2.05, 4.69) is 48.8 Å². The second kappa shape index (κ2) is 18.8. The molecule has 0 radical (unpaired) electrons. The average Bonchev–Trinajstić information content (AvgIpc) is 3.76. The van der Waals surface area contributed by atoms with E-state index in [0.717, 1.165) is 60.6 Å². The molecule has 1 aliphatic carbocycles. The summed E-state index contributed by atoms with van der Waals surface area (Å²) in [6, 6.07) is 32.0. The Morgan fingerprint density at radius 1 is 0.774 bits per heavy atom. The fourth-order valence-corrected chi connectivity index (χ4v) is 12.5. The SMILES string of the molecule is CC1(C)CC(/C=C/C=C2\Oc3ccc(-c4ccccc4)cc3N2CCS(=O)(=O)CCC(=O)O)=CC(=C/c2[se]c3ccc(-c4ccccc4)cc3[n+]2CCS(=O)(=O)CCC(=O)O)/C1. The number of ether oxygens (including phenoxy) is 1. The van der Waals surface area contributed by atoms with Crippen molar-refractivity contribution in [1.29, 1.82) is 0 Å². The third-order valence-electron chi connectivity index (χ3n) is 10.8. The van der Waals surface area contributed by atoms with E-state index < -0.39 is 56.0 Å². The van der Waals surface area contributed by atoms with Crippen LogP contribution in [0, 0.1) is 5.41 Å². The molecule has 0 saturated heterocycles. The monoisotopic (exact) mass is 941 g/mol. The molecular formula is C48H49N2O9S2Se+. The minimum atomic E-state index is -3.67. The number of sulfone groups is 2. The zero-order chi connectivity index (χ0) is 44.1. The van der Waals surface area contributed by atoms with Gasteiger partial charge in [-0.15, -0.1) is 0 Å². The molecule has 0 spiro atoms. The summed E-state index contributed by atoms with van der Waals surface area (Å²) in [6.45, 7) is 4.70. The second-order valence-corrected chi connectivity index (χ2v) is 23.2. The van der Waals surface area contributed by atoms with Crippen molar-refractivity contribution in [1.82, 2.24) is 0 Å². The molecule has 11 nitrogen and oxygen atoms in total. The molecule has 4 aromatic carbocycles. The Morgan fingerprint density at radius 3 is 2.03 bits per heavy atom. The molecule has 7 rings (SSSR count). The van der Waals surface area contributed by atoms with Crippen molar-refractivity contribution in [3.63, 3.8) is 0 Å². The summed E-state index contributed by atoms with van der Waals surface area (Å²) < 4.78 is 62.4. The van der Waals surface area contributed by atoms with Gasteiger partial charge in [-0.1, -0.05) is 36.4 Å². The number of benzene rings is 4. The Balaban J connectivity index is 1.20. The van der Waals surface area contributed by atoms with Gasteiger partial charge in [0.1, 0.15) is 0 Å². The van der Waals surface area contributed by atoms with Crippen LogP contribution in [0.2, 0.25) is 0 Å². The maximum atomic E-state index is 13.0. The number of aliphatic carboxylic acids is 2. The Kier molecular flexibility index (Phi) is 13.5. The van der Waals surface area contributed by atoms with Gasteiger partial charge in [-0.2, -0.15) is 0 Å². The molecular weight excluding hydrogens is 892 g/mol. The van der Waals surface area contributed by atoms with Crippen LogP contribution in [0.15, 0.2) is 138 Å². The third kappa shape index (κ3) is 11.5. The first kappa shape index (κ1) is 44.5. The van der Waals surface area contributed by atoms with Gasteiger partial charge in [0.05, 0.1) is 12.2 Å². The van der Waals surface area contributed by atoms with Gasteiger partial charge in [0, 0.05) is 0 Å². The van der Waals surface area contributed by atoms with E-state index in [1.165, 1.54) is 0 Å². The molecule has 0 unspecified atom stereocenters. The van der Waals surface area contributed by atoms with Gasteiger partial charge in [0.15, 0.2) is 9.84 Å². The Hall–Kier alpha value is -5.53. The Labute approximate surface area is 368 Å². The number of aromatic nitrogens is 1. The molecule has 2 N–H and O–H groups in total. The number of carboxylic acid groups (broad SMARTS) is 2. The van der Waals surface area contributed by atoms with E-state index in [4.69, 9.17) is 14.9 Å². The first-order valence-corrected chi connectivity index (χ1v) is 25.7. The average molecular weight is 941 g/mol. The first-order chi connectivity index (χ1) is 29.5. The van der Waals surface area contributed by atoms with E-state index in [-0.39, 0.29) is 44.5 Å². The van der Waals surface area contributed by atoms with Crippen LogP contribution >= 0.6 is 0 Å². The van der Waals surface area contributed by atoms with Gasteiger partial charge < -0.3 is 5.11 Å². The first-order valence-electron chi connectivity index (χ1n) is 20.3. The molecule has 0 atom stereocenters. The zero-order valence-corrected chi connectivity index (χ0v) is 37.9. The number of hydrogen-bond donors (Lipinski definition) is 2. The zero-order valence-electron chi connectivity index (χ0n) is 34.6. The predicted octanol–water partition coefficient (Wildman–Crippen LogP) is 7.72. The molecule has 1 aromatic heterocycles. The molecule has 2 heterocycles. The van der Waals surface area contributed by atoms with Crippen LogP contribution in [0.5, 0.6) is 5.75 Å². The van der Waals surface area contributed by atoms with Crippen molar-refractivity contribution in [2.75, 3.05) is 34.5 Å². The van der Waals surface area contributed by atoms with E-state index >= 15 is 0 Å². The van der Waals surface area contributed by atoms with Crippen LogP contribution in [0.3, 0.4) is 0 Å². The van der Waals surface area contributed by atoms with E-state index in [1.807, 2.05) is 102 Å². The number of carbonyl (C=O) groups is 2. The van der Waals surface area contributed by atoms with Crippen LogP contribution in [-0.4, -0.2) is 83.0 Å². The molecule has 14 heteroatoms. The number of rotatable bonds is 17. The predicted molar refractivity (Wildman–Crippen MR) is 244 cm³/mol. The van der Waals surface area contributed by atoms with Crippen molar-refractivity contribution in [3.8, 4) is 28.0 Å². The van der Waals surface area contributed by atoms with Crippen LogP contribution in [0.25, 0.3) is 38.1 Å². The standard InChI is InChI=1S/C48H48N2O9S2Se/c1-48(2)32-34(10-9-15-44-49(22-26-60(55,56)24-20-46(51)52)40-30-38(16-18-42(40)59-44)36-11-5-3-6-12-36)28-35(33-48)29-45-50(23-27-61(57,58)25-21-47(53)54)41-31-39(17-19-43(41)62-45)37-13-7-4-8-14-37/h3-19,28-31H,20-27,32-33H2,1-2H3,(H-,51,52,53,54)/p+1. The van der Waals surface area contributed by atoms with Crippen LogP contribution in [0.1, 0.15) is 44.1 Å². The number of aryl methyl sites for hydroxylation is 1. The molecule has 0 amide bonds. The summed E-state index contributed by atoms with van der Waals surface area (Å²) in [5.74, 6) is -2.55. The fourth-order valence-electron chi connectivity index (χ4n) is 7.79.